The molecule has 0 saturated heterocycles. The van der Waals surface area contributed by atoms with Crippen LogP contribution in [0.15, 0.2) is 33.5 Å². The number of nitrogens with one attached hydrogen (secondary N) is 1. The number of ether oxygens (including phenoxy) is 1. The minimum atomic E-state index is -0.427. The summed E-state index contributed by atoms with van der Waals surface area (Å²) in [6, 6.07) is 6.19. The summed E-state index contributed by atoms with van der Waals surface area (Å²) in [4.78, 5) is 12.3. The van der Waals surface area contributed by atoms with E-state index in [1.54, 1.807) is 4.57 Å². The second-order valence-corrected chi connectivity index (χ2v) is 5.70. The van der Waals surface area contributed by atoms with Crippen LogP contribution in [-0.4, -0.2) is 18.2 Å². The van der Waals surface area contributed by atoms with E-state index in [1.165, 1.54) is 25.3 Å². The third-order valence-electron chi connectivity index (χ3n) is 3.60. The summed E-state index contributed by atoms with van der Waals surface area (Å²) in [6.45, 7) is 5.49. The summed E-state index contributed by atoms with van der Waals surface area (Å²) in [6.07, 6.45) is 0.715. The van der Waals surface area contributed by atoms with E-state index in [0.29, 0.717) is 28.9 Å². The highest BCUT2D eigenvalue weighted by atomic mass is 79.9. The van der Waals surface area contributed by atoms with Crippen LogP contribution in [0.4, 0.5) is 4.39 Å². The lowest BCUT2D eigenvalue weighted by Gasteiger charge is -2.22. The second-order valence-electron chi connectivity index (χ2n) is 4.84. The lowest BCUT2D eigenvalue weighted by atomic mass is 10.1. The molecule has 1 aromatic carbocycles. The maximum absolute atomic E-state index is 13.9. The van der Waals surface area contributed by atoms with Gasteiger partial charge in [0.05, 0.1) is 17.3 Å². The summed E-state index contributed by atoms with van der Waals surface area (Å²) < 4.78 is 21.1. The first-order chi connectivity index (χ1) is 11.1. The molecule has 0 fully saturated rings. The number of nitrogens with zero attached hydrogens (tertiary/aromatic N) is 1. The van der Waals surface area contributed by atoms with E-state index in [9.17, 15) is 9.18 Å². The fourth-order valence-electron chi connectivity index (χ4n) is 2.60. The molecule has 0 spiro atoms. The first kappa shape index (κ1) is 17.7. The molecule has 1 aliphatic rings. The van der Waals surface area contributed by atoms with E-state index in [4.69, 9.17) is 4.74 Å². The molecule has 2 heterocycles. The number of hydrogen-bond acceptors (Lipinski definition) is 3. The van der Waals surface area contributed by atoms with Crippen LogP contribution in [0.3, 0.4) is 0 Å². The Morgan fingerprint density at radius 2 is 2.04 bits per heavy atom. The minimum Gasteiger partial charge on any atom is -0.495 e. The molecule has 4 nitrogen and oxygen atoms in total. The highest BCUT2D eigenvalue weighted by molar-refractivity contribution is 9.10. The number of benzene rings is 1. The topological polar surface area (TPSA) is 43.3 Å². The number of halogens is 2. The molecule has 1 aromatic heterocycles. The predicted molar refractivity (Wildman–Crippen MR) is 93.0 cm³/mol. The van der Waals surface area contributed by atoms with Crippen LogP contribution in [0.5, 0.6) is 5.75 Å². The van der Waals surface area contributed by atoms with Crippen molar-refractivity contribution in [3.8, 4) is 11.4 Å². The minimum absolute atomic E-state index is 0.185. The maximum atomic E-state index is 13.9. The molecule has 0 radical (unpaired) electrons. The average Bonchev–Trinajstić information content (AvgIpc) is 2.59. The van der Waals surface area contributed by atoms with Gasteiger partial charge in [0.25, 0.3) is 5.56 Å². The van der Waals surface area contributed by atoms with Crippen LogP contribution in [0.2, 0.25) is 0 Å². The van der Waals surface area contributed by atoms with Crippen molar-refractivity contribution in [1.29, 1.82) is 0 Å². The molecule has 124 valence electrons. The monoisotopic (exact) mass is 382 g/mol. The van der Waals surface area contributed by atoms with E-state index in [-0.39, 0.29) is 5.56 Å². The second kappa shape index (κ2) is 7.75. The lowest BCUT2D eigenvalue weighted by Crippen LogP contribution is -2.31. The van der Waals surface area contributed by atoms with Crippen molar-refractivity contribution in [3.63, 3.8) is 0 Å². The largest absolute Gasteiger partial charge is 0.495 e. The fourth-order valence-corrected chi connectivity index (χ4v) is 2.93. The fraction of sp³-hybridized carbons (Fsp3) is 0.353. The SMILES string of the molecule is CC.COc1cc(Br)c(F)cc1-n1c2c(ccc1=O)CNCC2. The van der Waals surface area contributed by atoms with E-state index in [0.717, 1.165) is 17.8 Å². The zero-order chi connectivity index (χ0) is 17.0. The van der Waals surface area contributed by atoms with Gasteiger partial charge in [0.2, 0.25) is 0 Å². The van der Waals surface area contributed by atoms with Crippen molar-refractivity contribution in [3.05, 3.63) is 56.2 Å². The highest BCUT2D eigenvalue weighted by Gasteiger charge is 2.19. The van der Waals surface area contributed by atoms with Gasteiger partial charge in [-0.1, -0.05) is 19.9 Å². The van der Waals surface area contributed by atoms with Crippen molar-refractivity contribution >= 4 is 15.9 Å². The van der Waals surface area contributed by atoms with Gasteiger partial charge in [-0.05, 0) is 27.6 Å². The number of hydrogen-bond donors (Lipinski definition) is 1. The molecular weight excluding hydrogens is 363 g/mol. The van der Waals surface area contributed by atoms with Crippen molar-refractivity contribution in [2.45, 2.75) is 26.8 Å². The molecule has 23 heavy (non-hydrogen) atoms. The zero-order valence-electron chi connectivity index (χ0n) is 13.5. The van der Waals surface area contributed by atoms with Gasteiger partial charge >= 0.3 is 0 Å². The summed E-state index contributed by atoms with van der Waals surface area (Å²) in [5.41, 5.74) is 2.20. The number of fused-ring (bicyclic) bond motifs is 1. The number of pyridine rings is 1. The molecule has 0 unspecified atom stereocenters. The van der Waals surface area contributed by atoms with Gasteiger partial charge in [0.15, 0.2) is 0 Å². The number of aromatic nitrogens is 1. The van der Waals surface area contributed by atoms with Gasteiger partial charge < -0.3 is 10.1 Å². The van der Waals surface area contributed by atoms with Crippen molar-refractivity contribution in [1.82, 2.24) is 9.88 Å². The molecule has 0 atom stereocenters. The van der Waals surface area contributed by atoms with Crippen LogP contribution in [-0.2, 0) is 13.0 Å². The van der Waals surface area contributed by atoms with Crippen LogP contribution < -0.4 is 15.6 Å². The Morgan fingerprint density at radius 3 is 2.74 bits per heavy atom. The quantitative estimate of drug-likeness (QED) is 0.865. The average molecular weight is 383 g/mol. The van der Waals surface area contributed by atoms with Crippen LogP contribution >= 0.6 is 15.9 Å². The van der Waals surface area contributed by atoms with Gasteiger partial charge in [-0.3, -0.25) is 9.36 Å². The van der Waals surface area contributed by atoms with Gasteiger partial charge in [0, 0.05) is 37.3 Å². The summed E-state index contributed by atoms with van der Waals surface area (Å²) in [5.74, 6) is 0.0292. The zero-order valence-corrected chi connectivity index (χ0v) is 15.0. The van der Waals surface area contributed by atoms with Crippen molar-refractivity contribution in [2.75, 3.05) is 13.7 Å². The van der Waals surface area contributed by atoms with Gasteiger partial charge in [-0.2, -0.15) is 0 Å². The summed E-state index contributed by atoms with van der Waals surface area (Å²) in [5, 5.41) is 3.26. The van der Waals surface area contributed by atoms with Crippen molar-refractivity contribution in [2.24, 2.45) is 0 Å². The van der Waals surface area contributed by atoms with E-state index in [2.05, 4.69) is 21.2 Å². The van der Waals surface area contributed by atoms with E-state index in [1.807, 2.05) is 19.9 Å². The Labute approximate surface area is 143 Å². The summed E-state index contributed by atoms with van der Waals surface area (Å²) in [7, 11) is 1.51. The first-order valence-corrected chi connectivity index (χ1v) is 8.39. The molecule has 3 rings (SSSR count). The molecule has 2 aromatic rings. The Balaban J connectivity index is 0.000000924. The van der Waals surface area contributed by atoms with Crippen molar-refractivity contribution < 1.29 is 9.13 Å². The lowest BCUT2D eigenvalue weighted by molar-refractivity contribution is 0.410. The van der Waals surface area contributed by atoms with E-state index >= 15 is 0 Å². The number of rotatable bonds is 2. The Hall–Kier alpha value is -1.66. The molecule has 0 aliphatic carbocycles. The van der Waals surface area contributed by atoms with Crippen LogP contribution in [0.25, 0.3) is 5.69 Å². The third-order valence-corrected chi connectivity index (χ3v) is 4.21. The standard InChI is InChI=1S/C15H14BrFN2O2.C2H6/c1-21-14-6-10(16)11(17)7-13(14)19-12-4-5-18-8-9(12)2-3-15(19)20;1-2/h2-3,6-7,18H,4-5,8H2,1H3;1-2H3. The van der Waals surface area contributed by atoms with Gasteiger partial charge in [-0.25, -0.2) is 4.39 Å². The Kier molecular flexibility index (Phi) is 5.96. The number of methoxy groups -OCH3 is 1. The molecule has 6 heteroatoms. The molecule has 0 amide bonds. The normalized spacial score (nSPS) is 12.9. The molecule has 0 bridgehead atoms. The third kappa shape index (κ3) is 3.48. The summed E-state index contributed by atoms with van der Waals surface area (Å²) >= 11 is 3.13. The molecule has 1 N–H and O–H groups in total. The smallest absolute Gasteiger partial charge is 0.255 e. The van der Waals surface area contributed by atoms with Gasteiger partial charge in [-0.15, -0.1) is 0 Å². The Bertz CT molecular complexity index is 759. The highest BCUT2D eigenvalue weighted by Crippen LogP contribution is 2.30. The van der Waals surface area contributed by atoms with Crippen LogP contribution in [0, 0.1) is 5.82 Å². The molecule has 1 aliphatic heterocycles. The van der Waals surface area contributed by atoms with Crippen LogP contribution in [0.1, 0.15) is 25.1 Å². The first-order valence-electron chi connectivity index (χ1n) is 7.59. The Morgan fingerprint density at radius 1 is 1.30 bits per heavy atom. The van der Waals surface area contributed by atoms with Gasteiger partial charge in [0.1, 0.15) is 11.6 Å². The van der Waals surface area contributed by atoms with E-state index < -0.39 is 5.82 Å². The molecule has 0 saturated carbocycles. The molecular formula is C17H20BrFN2O2. The maximum Gasteiger partial charge on any atom is 0.255 e. The predicted octanol–water partition coefficient (Wildman–Crippen LogP) is 3.42.